The molecule has 3 fully saturated rings. The third-order valence-corrected chi connectivity index (χ3v) is 7.41. The maximum atomic E-state index is 13.3. The Labute approximate surface area is 182 Å². The SMILES string of the molecule is CN1CCNC2(CCN(Cc3cccc4c3C(=O)N(C3CCC(=O)NC3=O)C4)CC2)C1. The fourth-order valence-electron chi connectivity index (χ4n) is 5.70. The van der Waals surface area contributed by atoms with Crippen molar-refractivity contribution in [3.63, 3.8) is 0 Å². The second kappa shape index (κ2) is 8.00. The topological polar surface area (TPSA) is 85.0 Å². The average Bonchev–Trinajstić information content (AvgIpc) is 3.07. The molecule has 0 aliphatic carbocycles. The van der Waals surface area contributed by atoms with Crippen LogP contribution >= 0.6 is 0 Å². The predicted octanol–water partition coefficient (Wildman–Crippen LogP) is 0.317. The van der Waals surface area contributed by atoms with Crippen molar-refractivity contribution in [1.29, 1.82) is 0 Å². The lowest BCUT2D eigenvalue weighted by atomic mass is 9.85. The summed E-state index contributed by atoms with van der Waals surface area (Å²) in [4.78, 5) is 43.6. The molecule has 31 heavy (non-hydrogen) atoms. The van der Waals surface area contributed by atoms with Crippen molar-refractivity contribution in [2.24, 2.45) is 0 Å². The van der Waals surface area contributed by atoms with E-state index in [1.807, 2.05) is 18.2 Å². The van der Waals surface area contributed by atoms with Gasteiger partial charge in [-0.05, 0) is 37.4 Å². The minimum atomic E-state index is -0.560. The third kappa shape index (κ3) is 3.88. The van der Waals surface area contributed by atoms with Crippen LogP contribution in [0.25, 0.3) is 0 Å². The molecule has 4 heterocycles. The van der Waals surface area contributed by atoms with E-state index < -0.39 is 6.04 Å². The molecule has 2 N–H and O–H groups in total. The highest BCUT2D eigenvalue weighted by Gasteiger charge is 2.41. The molecule has 0 radical (unpaired) electrons. The van der Waals surface area contributed by atoms with Gasteiger partial charge in [0, 0.05) is 63.3 Å². The highest BCUT2D eigenvalue weighted by molar-refractivity contribution is 6.05. The third-order valence-electron chi connectivity index (χ3n) is 7.41. The largest absolute Gasteiger partial charge is 0.322 e. The Balaban J connectivity index is 1.27. The van der Waals surface area contributed by atoms with Crippen LogP contribution in [0.15, 0.2) is 18.2 Å². The Kier molecular flexibility index (Phi) is 5.32. The summed E-state index contributed by atoms with van der Waals surface area (Å²) in [5.41, 5.74) is 3.00. The number of nitrogens with one attached hydrogen (secondary N) is 2. The van der Waals surface area contributed by atoms with Crippen LogP contribution in [0.4, 0.5) is 0 Å². The van der Waals surface area contributed by atoms with Crippen molar-refractivity contribution >= 4 is 17.7 Å². The molecule has 8 heteroatoms. The number of rotatable bonds is 3. The van der Waals surface area contributed by atoms with E-state index in [1.165, 1.54) is 0 Å². The lowest BCUT2D eigenvalue weighted by Gasteiger charge is -2.47. The number of nitrogens with zero attached hydrogens (tertiary/aromatic N) is 3. The Hall–Kier alpha value is -2.29. The molecule has 5 rings (SSSR count). The van der Waals surface area contributed by atoms with Crippen LogP contribution in [0.1, 0.15) is 47.2 Å². The van der Waals surface area contributed by atoms with Gasteiger partial charge in [-0.2, -0.15) is 0 Å². The predicted molar refractivity (Wildman–Crippen MR) is 115 cm³/mol. The molecule has 3 amide bonds. The zero-order valence-corrected chi connectivity index (χ0v) is 18.2. The summed E-state index contributed by atoms with van der Waals surface area (Å²) in [5, 5.41) is 6.13. The molecule has 1 aromatic carbocycles. The number of amides is 3. The van der Waals surface area contributed by atoms with E-state index >= 15 is 0 Å². The first kappa shape index (κ1) is 20.6. The van der Waals surface area contributed by atoms with Gasteiger partial charge in [0.25, 0.3) is 5.91 Å². The number of likely N-dealkylation sites (N-methyl/N-ethyl adjacent to an activating group) is 1. The summed E-state index contributed by atoms with van der Waals surface area (Å²) in [5.74, 6) is -0.693. The summed E-state index contributed by atoms with van der Waals surface area (Å²) in [6, 6.07) is 5.48. The number of likely N-dealkylation sites (tertiary alicyclic amines) is 1. The van der Waals surface area contributed by atoms with E-state index in [0.29, 0.717) is 13.0 Å². The second-order valence-electron chi connectivity index (χ2n) is 9.57. The summed E-state index contributed by atoms with van der Waals surface area (Å²) in [6.45, 7) is 6.46. The van der Waals surface area contributed by atoms with Crippen LogP contribution < -0.4 is 10.6 Å². The van der Waals surface area contributed by atoms with Gasteiger partial charge in [0.05, 0.1) is 0 Å². The molecule has 4 aliphatic rings. The van der Waals surface area contributed by atoms with Gasteiger partial charge in [-0.15, -0.1) is 0 Å². The van der Waals surface area contributed by atoms with E-state index in [4.69, 9.17) is 0 Å². The van der Waals surface area contributed by atoms with Crippen molar-refractivity contribution in [3.8, 4) is 0 Å². The molecule has 0 bridgehead atoms. The van der Waals surface area contributed by atoms with Crippen molar-refractivity contribution < 1.29 is 14.4 Å². The number of hydrogen-bond acceptors (Lipinski definition) is 6. The summed E-state index contributed by atoms with van der Waals surface area (Å²) >= 11 is 0. The molecule has 166 valence electrons. The number of piperazine rings is 1. The quantitative estimate of drug-likeness (QED) is 0.679. The van der Waals surface area contributed by atoms with Crippen molar-refractivity contribution in [2.45, 2.75) is 50.4 Å². The number of benzene rings is 1. The normalized spacial score (nSPS) is 26.9. The lowest BCUT2D eigenvalue weighted by Crippen LogP contribution is -2.63. The first-order valence-corrected chi connectivity index (χ1v) is 11.4. The van der Waals surface area contributed by atoms with E-state index in [-0.39, 0.29) is 29.7 Å². The number of fused-ring (bicyclic) bond motifs is 1. The first-order chi connectivity index (χ1) is 14.9. The molecule has 1 atom stereocenters. The van der Waals surface area contributed by atoms with Gasteiger partial charge in [0.15, 0.2) is 0 Å². The second-order valence-corrected chi connectivity index (χ2v) is 9.57. The monoisotopic (exact) mass is 425 g/mol. The first-order valence-electron chi connectivity index (χ1n) is 11.4. The fourth-order valence-corrected chi connectivity index (χ4v) is 5.70. The van der Waals surface area contributed by atoms with Crippen LogP contribution in [0.2, 0.25) is 0 Å². The molecule has 1 aromatic rings. The smallest absolute Gasteiger partial charge is 0.255 e. The molecule has 8 nitrogen and oxygen atoms in total. The van der Waals surface area contributed by atoms with Gasteiger partial charge in [0.1, 0.15) is 6.04 Å². The maximum absolute atomic E-state index is 13.3. The number of carbonyl (C=O) groups excluding carboxylic acids is 3. The van der Waals surface area contributed by atoms with Crippen LogP contribution in [0.5, 0.6) is 0 Å². The average molecular weight is 426 g/mol. The summed E-state index contributed by atoms with van der Waals surface area (Å²) < 4.78 is 0. The van der Waals surface area contributed by atoms with Gasteiger partial charge in [0.2, 0.25) is 11.8 Å². The summed E-state index contributed by atoms with van der Waals surface area (Å²) in [6.07, 6.45) is 2.91. The van der Waals surface area contributed by atoms with Crippen molar-refractivity contribution in [3.05, 3.63) is 34.9 Å². The Bertz CT molecular complexity index is 908. The van der Waals surface area contributed by atoms with Crippen molar-refractivity contribution in [1.82, 2.24) is 25.3 Å². The van der Waals surface area contributed by atoms with Gasteiger partial charge in [-0.3, -0.25) is 24.6 Å². The molecule has 1 unspecified atom stereocenters. The van der Waals surface area contributed by atoms with Gasteiger partial charge in [-0.1, -0.05) is 18.2 Å². The molecular weight excluding hydrogens is 394 g/mol. The minimum absolute atomic E-state index is 0.0795. The molecular formula is C23H31N5O3. The number of carbonyl (C=O) groups is 3. The molecule has 1 spiro atoms. The number of hydrogen-bond donors (Lipinski definition) is 2. The molecule has 0 saturated carbocycles. The van der Waals surface area contributed by atoms with Crippen LogP contribution in [-0.4, -0.2) is 83.8 Å². The van der Waals surface area contributed by atoms with Crippen LogP contribution in [0, 0.1) is 0 Å². The highest BCUT2D eigenvalue weighted by atomic mass is 16.2. The van der Waals surface area contributed by atoms with Crippen molar-refractivity contribution in [2.75, 3.05) is 39.8 Å². The lowest BCUT2D eigenvalue weighted by molar-refractivity contribution is -0.136. The van der Waals surface area contributed by atoms with Crippen LogP contribution in [-0.2, 0) is 22.7 Å². The highest BCUT2D eigenvalue weighted by Crippen LogP contribution is 2.32. The van der Waals surface area contributed by atoms with E-state index in [0.717, 1.165) is 68.8 Å². The Morgan fingerprint density at radius 2 is 1.94 bits per heavy atom. The Morgan fingerprint density at radius 3 is 2.68 bits per heavy atom. The minimum Gasteiger partial charge on any atom is -0.322 e. The van der Waals surface area contributed by atoms with E-state index in [1.54, 1.807) is 4.90 Å². The molecule has 3 saturated heterocycles. The molecule has 0 aromatic heterocycles. The molecule has 4 aliphatic heterocycles. The van der Waals surface area contributed by atoms with Crippen LogP contribution in [0.3, 0.4) is 0 Å². The number of piperidine rings is 2. The standard InChI is InChI=1S/C23H31N5O3/c1-26-12-9-24-23(15-26)7-10-27(11-8-23)13-16-3-2-4-17-14-28(22(31)20(16)17)18-5-6-19(29)25-21(18)30/h2-4,18,24H,5-15H2,1H3,(H,25,29,30). The maximum Gasteiger partial charge on any atom is 0.255 e. The van der Waals surface area contributed by atoms with Gasteiger partial charge >= 0.3 is 0 Å². The fraction of sp³-hybridized carbons (Fsp3) is 0.609. The zero-order chi connectivity index (χ0) is 21.6. The Morgan fingerprint density at radius 1 is 1.13 bits per heavy atom. The van der Waals surface area contributed by atoms with E-state index in [2.05, 4.69) is 27.5 Å². The van der Waals surface area contributed by atoms with Gasteiger partial charge in [-0.25, -0.2) is 0 Å². The van der Waals surface area contributed by atoms with Gasteiger partial charge < -0.3 is 15.1 Å². The van der Waals surface area contributed by atoms with E-state index in [9.17, 15) is 14.4 Å². The zero-order valence-electron chi connectivity index (χ0n) is 18.2. The number of imide groups is 1. The summed E-state index contributed by atoms with van der Waals surface area (Å²) in [7, 11) is 2.20.